The number of aryl methyl sites for hydroxylation is 2. The molecule has 1 amide bonds. The van der Waals surface area contributed by atoms with Gasteiger partial charge in [-0.2, -0.15) is 5.26 Å². The van der Waals surface area contributed by atoms with Crippen molar-refractivity contribution in [1.82, 2.24) is 9.88 Å². The molecule has 3 heterocycles. The van der Waals surface area contributed by atoms with Crippen molar-refractivity contribution in [3.63, 3.8) is 0 Å². The fourth-order valence-electron chi connectivity index (χ4n) is 5.28. The predicted octanol–water partition coefficient (Wildman–Crippen LogP) is 2.55. The molecule has 6 nitrogen and oxygen atoms in total. The fourth-order valence-corrected chi connectivity index (χ4v) is 5.28. The van der Waals surface area contributed by atoms with Crippen LogP contribution in [0.25, 0.3) is 0 Å². The summed E-state index contributed by atoms with van der Waals surface area (Å²) in [4.78, 5) is 21.7. The lowest BCUT2D eigenvalue weighted by atomic mass is 9.75. The van der Waals surface area contributed by atoms with Gasteiger partial charge in [-0.15, -0.1) is 0 Å². The Hall–Kier alpha value is -2.13. The molecule has 0 bridgehead atoms. The number of fused-ring (bicyclic) bond motifs is 1. The predicted molar refractivity (Wildman–Crippen MR) is 107 cm³/mol. The third-order valence-electron chi connectivity index (χ3n) is 7.11. The number of hydrogen-bond donors (Lipinski definition) is 1. The van der Waals surface area contributed by atoms with Crippen molar-refractivity contribution in [3.8, 4) is 6.07 Å². The van der Waals surface area contributed by atoms with Crippen molar-refractivity contribution < 1.29 is 9.90 Å². The summed E-state index contributed by atoms with van der Waals surface area (Å²) in [6, 6.07) is 4.20. The van der Waals surface area contributed by atoms with Crippen LogP contribution in [-0.4, -0.2) is 52.7 Å². The number of pyridine rings is 1. The van der Waals surface area contributed by atoms with E-state index >= 15 is 0 Å². The molecule has 1 N–H and O–H groups in total. The van der Waals surface area contributed by atoms with Crippen LogP contribution in [0.4, 0.5) is 5.82 Å². The van der Waals surface area contributed by atoms with Crippen LogP contribution in [-0.2, 0) is 4.79 Å². The molecule has 2 atom stereocenters. The van der Waals surface area contributed by atoms with Crippen LogP contribution in [0.5, 0.6) is 0 Å². The van der Waals surface area contributed by atoms with Crippen molar-refractivity contribution in [2.45, 2.75) is 58.0 Å². The summed E-state index contributed by atoms with van der Waals surface area (Å²) in [5.74, 6) is 1.39. The Morgan fingerprint density at radius 3 is 2.64 bits per heavy atom. The average Bonchev–Trinajstić information content (AvgIpc) is 3.21. The molecule has 2 saturated heterocycles. The third-order valence-corrected chi connectivity index (χ3v) is 7.11. The minimum Gasteiger partial charge on any atom is -0.389 e. The summed E-state index contributed by atoms with van der Waals surface area (Å²) in [7, 11) is 0. The Morgan fingerprint density at radius 1 is 1.25 bits per heavy atom. The van der Waals surface area contributed by atoms with E-state index in [4.69, 9.17) is 0 Å². The largest absolute Gasteiger partial charge is 0.389 e. The van der Waals surface area contributed by atoms with Crippen LogP contribution < -0.4 is 4.90 Å². The van der Waals surface area contributed by atoms with E-state index < -0.39 is 5.60 Å². The molecule has 1 aliphatic carbocycles. The maximum atomic E-state index is 12.9. The molecule has 3 fully saturated rings. The second-order valence-corrected chi connectivity index (χ2v) is 8.88. The van der Waals surface area contributed by atoms with Crippen LogP contribution in [0.3, 0.4) is 0 Å². The number of piperidine rings is 2. The molecule has 1 aromatic rings. The Morgan fingerprint density at radius 2 is 1.96 bits per heavy atom. The van der Waals surface area contributed by atoms with Crippen LogP contribution >= 0.6 is 0 Å². The van der Waals surface area contributed by atoms with Gasteiger partial charge in [-0.25, -0.2) is 4.98 Å². The van der Waals surface area contributed by atoms with Crippen LogP contribution in [0.15, 0.2) is 6.07 Å². The monoisotopic (exact) mass is 382 g/mol. The second-order valence-electron chi connectivity index (χ2n) is 8.88. The lowest BCUT2D eigenvalue weighted by Crippen LogP contribution is -2.61. The summed E-state index contributed by atoms with van der Waals surface area (Å²) in [6.45, 7) is 6.58. The van der Waals surface area contributed by atoms with Crippen molar-refractivity contribution in [2.24, 2.45) is 11.8 Å². The minimum absolute atomic E-state index is 0.0402. The highest BCUT2D eigenvalue weighted by Gasteiger charge is 2.46. The molecular formula is C22H30N4O2. The van der Waals surface area contributed by atoms with Gasteiger partial charge in [0.1, 0.15) is 11.9 Å². The van der Waals surface area contributed by atoms with Gasteiger partial charge in [0, 0.05) is 38.0 Å². The van der Waals surface area contributed by atoms with Crippen molar-refractivity contribution in [3.05, 3.63) is 22.9 Å². The number of nitrogens with zero attached hydrogens (tertiary/aromatic N) is 4. The number of aliphatic hydroxyl groups is 1. The standard InChI is InChI=1S/C22H30N4O2/c1-15-11-20(24-16(2)19(15)12-23)25-9-7-22(28)8-10-26(14-18(22)13-25)21(27)17-5-3-4-6-17/h11,17-18,28H,3-10,13-14H2,1-2H3/t18-,22-/m1/s1. The number of amides is 1. The second kappa shape index (κ2) is 7.36. The zero-order chi connectivity index (χ0) is 19.9. The zero-order valence-electron chi connectivity index (χ0n) is 16.9. The third kappa shape index (κ3) is 3.37. The molecule has 2 aliphatic heterocycles. The first-order valence-electron chi connectivity index (χ1n) is 10.6. The zero-order valence-corrected chi connectivity index (χ0v) is 16.9. The summed E-state index contributed by atoms with van der Waals surface area (Å²) in [5, 5.41) is 20.5. The first kappa shape index (κ1) is 19.2. The van der Waals surface area contributed by atoms with Crippen molar-refractivity contribution >= 4 is 11.7 Å². The molecule has 0 unspecified atom stereocenters. The molecule has 1 aromatic heterocycles. The van der Waals surface area contributed by atoms with E-state index in [1.165, 1.54) is 0 Å². The summed E-state index contributed by atoms with van der Waals surface area (Å²) in [5.41, 5.74) is 1.65. The molecular weight excluding hydrogens is 352 g/mol. The molecule has 28 heavy (non-hydrogen) atoms. The summed E-state index contributed by atoms with van der Waals surface area (Å²) >= 11 is 0. The molecule has 6 heteroatoms. The van der Waals surface area contributed by atoms with Crippen LogP contribution in [0.1, 0.15) is 55.3 Å². The van der Waals surface area contributed by atoms with Gasteiger partial charge >= 0.3 is 0 Å². The maximum Gasteiger partial charge on any atom is 0.225 e. The first-order valence-corrected chi connectivity index (χ1v) is 10.6. The Bertz CT molecular complexity index is 788. The first-order chi connectivity index (χ1) is 13.4. The van der Waals surface area contributed by atoms with Gasteiger partial charge in [0.25, 0.3) is 0 Å². The Kier molecular flexibility index (Phi) is 5.05. The van der Waals surface area contributed by atoms with E-state index in [2.05, 4.69) is 16.0 Å². The number of rotatable bonds is 2. The number of hydrogen-bond acceptors (Lipinski definition) is 5. The quantitative estimate of drug-likeness (QED) is 0.850. The average molecular weight is 383 g/mol. The van der Waals surface area contributed by atoms with Crippen LogP contribution in [0, 0.1) is 37.0 Å². The number of carbonyl (C=O) groups excluding carboxylic acids is 1. The van der Waals surface area contributed by atoms with E-state index in [0.717, 1.165) is 49.3 Å². The molecule has 150 valence electrons. The van der Waals surface area contributed by atoms with Gasteiger partial charge < -0.3 is 14.9 Å². The highest BCUT2D eigenvalue weighted by Crippen LogP contribution is 2.38. The van der Waals surface area contributed by atoms with Crippen LogP contribution in [0.2, 0.25) is 0 Å². The van der Waals surface area contributed by atoms with E-state index in [9.17, 15) is 15.2 Å². The molecule has 0 spiro atoms. The highest BCUT2D eigenvalue weighted by molar-refractivity contribution is 5.79. The number of nitriles is 1. The lowest BCUT2D eigenvalue weighted by molar-refractivity contribution is -0.145. The van der Waals surface area contributed by atoms with Gasteiger partial charge in [-0.1, -0.05) is 12.8 Å². The van der Waals surface area contributed by atoms with E-state index in [-0.39, 0.29) is 11.8 Å². The van der Waals surface area contributed by atoms with Gasteiger partial charge in [0.15, 0.2) is 0 Å². The number of anilines is 1. The summed E-state index contributed by atoms with van der Waals surface area (Å²) in [6.07, 6.45) is 5.73. The number of carbonyl (C=O) groups is 1. The SMILES string of the molecule is Cc1cc(N2CC[C@@]3(O)CCN(C(=O)C4CCCC4)C[C@H]3C2)nc(C)c1C#N. The van der Waals surface area contributed by atoms with Gasteiger partial charge in [-0.05, 0) is 51.2 Å². The molecule has 1 saturated carbocycles. The van der Waals surface area contributed by atoms with E-state index in [0.29, 0.717) is 43.9 Å². The Balaban J connectivity index is 1.50. The van der Waals surface area contributed by atoms with E-state index in [1.807, 2.05) is 24.8 Å². The van der Waals surface area contributed by atoms with Gasteiger partial charge in [-0.3, -0.25) is 4.79 Å². The van der Waals surface area contributed by atoms with Gasteiger partial charge in [0.2, 0.25) is 5.91 Å². The lowest BCUT2D eigenvalue weighted by Gasteiger charge is -2.50. The number of aromatic nitrogens is 1. The molecule has 0 aromatic carbocycles. The topological polar surface area (TPSA) is 80.5 Å². The number of likely N-dealkylation sites (tertiary alicyclic amines) is 1. The van der Waals surface area contributed by atoms with E-state index in [1.54, 1.807) is 0 Å². The Labute approximate surface area is 167 Å². The van der Waals surface area contributed by atoms with Crippen molar-refractivity contribution in [1.29, 1.82) is 5.26 Å². The summed E-state index contributed by atoms with van der Waals surface area (Å²) < 4.78 is 0. The minimum atomic E-state index is -0.681. The highest BCUT2D eigenvalue weighted by atomic mass is 16.3. The maximum absolute atomic E-state index is 12.9. The molecule has 0 radical (unpaired) electrons. The smallest absolute Gasteiger partial charge is 0.225 e. The molecule has 3 aliphatic rings. The molecule has 4 rings (SSSR count). The van der Waals surface area contributed by atoms with Gasteiger partial charge in [0.05, 0.1) is 16.9 Å². The normalized spacial score (nSPS) is 28.1. The van der Waals surface area contributed by atoms with Crippen molar-refractivity contribution in [2.75, 3.05) is 31.1 Å². The fraction of sp³-hybridized carbons (Fsp3) is 0.682.